The quantitative estimate of drug-likeness (QED) is 0.864. The maximum atomic E-state index is 10.7. The van der Waals surface area contributed by atoms with Crippen molar-refractivity contribution in [3.63, 3.8) is 0 Å². The zero-order valence-electron chi connectivity index (χ0n) is 7.51. The molecule has 0 atom stereocenters. The van der Waals surface area contributed by atoms with Crippen LogP contribution in [0.15, 0.2) is 17.5 Å². The number of aromatic nitrogens is 1. The van der Waals surface area contributed by atoms with E-state index in [-0.39, 0.29) is 10.8 Å². The van der Waals surface area contributed by atoms with Crippen LogP contribution in [-0.4, -0.2) is 21.2 Å². The molecule has 2 aromatic heterocycles. The summed E-state index contributed by atoms with van der Waals surface area (Å²) < 4.78 is 0. The van der Waals surface area contributed by atoms with Crippen molar-refractivity contribution < 1.29 is 15.0 Å². The van der Waals surface area contributed by atoms with Gasteiger partial charge in [-0.25, -0.2) is 9.78 Å². The molecular weight excluding hydrogens is 234 g/mol. The molecule has 2 heterocycles. The predicted octanol–water partition coefficient (Wildman–Crippen LogP) is 2.20. The number of rotatable bonds is 3. The van der Waals surface area contributed by atoms with E-state index in [4.69, 9.17) is 5.11 Å². The minimum atomic E-state index is -1.14. The molecule has 4 nitrogen and oxygen atoms in total. The van der Waals surface area contributed by atoms with Crippen LogP contribution >= 0.6 is 22.7 Å². The first-order valence-electron chi connectivity index (χ1n) is 4.11. The van der Waals surface area contributed by atoms with Gasteiger partial charge in [0.2, 0.25) is 5.88 Å². The lowest BCUT2D eigenvalue weighted by atomic mass is 10.4. The summed E-state index contributed by atoms with van der Waals surface area (Å²) in [6.07, 6.45) is 0.573. The maximum absolute atomic E-state index is 10.7. The van der Waals surface area contributed by atoms with Gasteiger partial charge in [-0.05, 0) is 11.4 Å². The summed E-state index contributed by atoms with van der Waals surface area (Å²) in [6.45, 7) is 0. The van der Waals surface area contributed by atoms with Crippen LogP contribution in [0, 0.1) is 0 Å². The van der Waals surface area contributed by atoms with Crippen molar-refractivity contribution in [1.29, 1.82) is 0 Å². The first-order valence-corrected chi connectivity index (χ1v) is 5.81. The molecule has 0 saturated heterocycles. The molecule has 2 aromatic rings. The van der Waals surface area contributed by atoms with Gasteiger partial charge in [0, 0.05) is 11.3 Å². The lowest BCUT2D eigenvalue weighted by Gasteiger charge is -1.89. The van der Waals surface area contributed by atoms with E-state index in [2.05, 4.69) is 4.98 Å². The fraction of sp³-hybridized carbons (Fsp3) is 0.111. The number of carbonyl (C=O) groups is 1. The molecule has 0 saturated carbocycles. The van der Waals surface area contributed by atoms with E-state index in [0.717, 1.165) is 16.2 Å². The summed E-state index contributed by atoms with van der Waals surface area (Å²) in [6, 6.07) is 3.87. The number of thiazole rings is 1. The Balaban J connectivity index is 2.23. The lowest BCUT2D eigenvalue weighted by molar-refractivity contribution is 0.0699. The molecule has 0 radical (unpaired) electrons. The first-order chi connectivity index (χ1) is 7.16. The molecule has 2 N–H and O–H groups in total. The number of aromatic carboxylic acids is 1. The molecule has 0 fully saturated rings. The van der Waals surface area contributed by atoms with E-state index in [1.807, 2.05) is 17.5 Å². The second-order valence-electron chi connectivity index (χ2n) is 2.82. The van der Waals surface area contributed by atoms with E-state index in [9.17, 15) is 9.90 Å². The molecule has 0 spiro atoms. The zero-order valence-corrected chi connectivity index (χ0v) is 9.14. The number of aromatic hydroxyl groups is 1. The Kier molecular flexibility index (Phi) is 2.70. The maximum Gasteiger partial charge on any atom is 0.351 e. The number of hydrogen-bond acceptors (Lipinski definition) is 5. The van der Waals surface area contributed by atoms with E-state index < -0.39 is 5.97 Å². The third kappa shape index (κ3) is 2.16. The smallest absolute Gasteiger partial charge is 0.351 e. The average Bonchev–Trinajstić information content (AvgIpc) is 2.75. The van der Waals surface area contributed by atoms with Gasteiger partial charge in [0.05, 0.1) is 0 Å². The molecule has 2 rings (SSSR count). The number of hydrogen-bond donors (Lipinski definition) is 2. The van der Waals surface area contributed by atoms with Crippen molar-refractivity contribution in [3.05, 3.63) is 32.3 Å². The van der Waals surface area contributed by atoms with Crippen molar-refractivity contribution >= 4 is 28.6 Å². The molecular formula is C9H7NO3S2. The van der Waals surface area contributed by atoms with Crippen LogP contribution < -0.4 is 0 Å². The molecule has 0 aliphatic carbocycles. The van der Waals surface area contributed by atoms with Gasteiger partial charge in [-0.2, -0.15) is 0 Å². The standard InChI is InChI=1S/C9H7NO3S2/c11-8-7(9(12)13)15-6(10-8)4-5-2-1-3-14-5/h1-3,11H,4H2,(H,12,13). The minimum Gasteiger partial charge on any atom is -0.492 e. The van der Waals surface area contributed by atoms with Crippen molar-refractivity contribution in [2.24, 2.45) is 0 Å². The SMILES string of the molecule is O=C(O)c1sc(Cc2cccs2)nc1O. The van der Waals surface area contributed by atoms with Crippen LogP contribution in [0.1, 0.15) is 19.6 Å². The Morgan fingerprint density at radius 3 is 2.87 bits per heavy atom. The highest BCUT2D eigenvalue weighted by Gasteiger charge is 2.16. The first kappa shape index (κ1) is 10.1. The van der Waals surface area contributed by atoms with Crippen molar-refractivity contribution in [2.45, 2.75) is 6.42 Å². The monoisotopic (exact) mass is 241 g/mol. The highest BCUT2D eigenvalue weighted by Crippen LogP contribution is 2.26. The fourth-order valence-electron chi connectivity index (χ4n) is 1.13. The topological polar surface area (TPSA) is 70.4 Å². The van der Waals surface area contributed by atoms with Crippen molar-refractivity contribution in [2.75, 3.05) is 0 Å². The van der Waals surface area contributed by atoms with Crippen LogP contribution in [0.3, 0.4) is 0 Å². The number of thiophene rings is 1. The van der Waals surface area contributed by atoms with Crippen LogP contribution in [0.5, 0.6) is 5.88 Å². The number of nitrogens with zero attached hydrogens (tertiary/aromatic N) is 1. The molecule has 0 aromatic carbocycles. The van der Waals surface area contributed by atoms with Gasteiger partial charge in [-0.15, -0.1) is 22.7 Å². The predicted molar refractivity (Wildman–Crippen MR) is 57.9 cm³/mol. The highest BCUT2D eigenvalue weighted by atomic mass is 32.1. The molecule has 0 unspecified atom stereocenters. The van der Waals surface area contributed by atoms with Crippen LogP contribution in [0.25, 0.3) is 0 Å². The summed E-state index contributed by atoms with van der Waals surface area (Å²) in [5.74, 6) is -1.53. The summed E-state index contributed by atoms with van der Waals surface area (Å²) in [5.41, 5.74) is 0. The minimum absolute atomic E-state index is 0.0958. The summed E-state index contributed by atoms with van der Waals surface area (Å²) in [5, 5.41) is 20.5. The molecule has 0 bridgehead atoms. The number of carboxylic acids is 1. The molecule has 0 aliphatic heterocycles. The van der Waals surface area contributed by atoms with Crippen LogP contribution in [-0.2, 0) is 6.42 Å². The Labute approximate surface area is 93.5 Å². The molecule has 0 aliphatic rings. The third-order valence-corrected chi connectivity index (χ3v) is 3.66. The molecule has 15 heavy (non-hydrogen) atoms. The van der Waals surface area contributed by atoms with Gasteiger partial charge in [0.15, 0.2) is 4.88 Å². The van der Waals surface area contributed by atoms with Crippen LogP contribution in [0.4, 0.5) is 0 Å². The van der Waals surface area contributed by atoms with Crippen molar-refractivity contribution in [3.8, 4) is 5.88 Å². The summed E-state index contributed by atoms with van der Waals surface area (Å²) >= 11 is 2.59. The van der Waals surface area contributed by atoms with Gasteiger partial charge >= 0.3 is 5.97 Å². The van der Waals surface area contributed by atoms with Crippen molar-refractivity contribution in [1.82, 2.24) is 4.98 Å². The van der Waals surface area contributed by atoms with Gasteiger partial charge in [0.1, 0.15) is 5.01 Å². The molecule has 78 valence electrons. The molecule has 6 heteroatoms. The molecule has 0 amide bonds. The van der Waals surface area contributed by atoms with E-state index in [1.54, 1.807) is 11.3 Å². The van der Waals surface area contributed by atoms with Gasteiger partial charge < -0.3 is 10.2 Å². The van der Waals surface area contributed by atoms with Gasteiger partial charge in [0.25, 0.3) is 0 Å². The Morgan fingerprint density at radius 1 is 1.53 bits per heavy atom. The summed E-state index contributed by atoms with van der Waals surface area (Å²) in [7, 11) is 0. The van der Waals surface area contributed by atoms with Crippen LogP contribution in [0.2, 0.25) is 0 Å². The Hall–Kier alpha value is -1.40. The van der Waals surface area contributed by atoms with Gasteiger partial charge in [-0.1, -0.05) is 6.07 Å². The van der Waals surface area contributed by atoms with E-state index in [0.29, 0.717) is 11.4 Å². The fourth-order valence-corrected chi connectivity index (χ4v) is 2.75. The second-order valence-corrected chi connectivity index (χ2v) is 4.94. The normalized spacial score (nSPS) is 10.4. The average molecular weight is 241 g/mol. The summed E-state index contributed by atoms with van der Waals surface area (Å²) in [4.78, 5) is 15.5. The Bertz CT molecular complexity index is 476. The van der Waals surface area contributed by atoms with E-state index in [1.165, 1.54) is 0 Å². The Morgan fingerprint density at radius 2 is 2.33 bits per heavy atom. The van der Waals surface area contributed by atoms with E-state index >= 15 is 0 Å². The lowest BCUT2D eigenvalue weighted by Crippen LogP contribution is -1.91. The van der Waals surface area contributed by atoms with Gasteiger partial charge in [-0.3, -0.25) is 0 Å². The second kappa shape index (κ2) is 4.00. The third-order valence-electron chi connectivity index (χ3n) is 1.75. The highest BCUT2D eigenvalue weighted by molar-refractivity contribution is 7.14. The zero-order chi connectivity index (χ0) is 10.8. The number of carboxylic acid groups (broad SMARTS) is 1. The largest absolute Gasteiger partial charge is 0.492 e.